The number of benzene rings is 1. The van der Waals surface area contributed by atoms with E-state index in [2.05, 4.69) is 10.3 Å². The van der Waals surface area contributed by atoms with Crippen molar-refractivity contribution in [3.05, 3.63) is 30.1 Å². The topological polar surface area (TPSA) is 69.2 Å². The third-order valence-electron chi connectivity index (χ3n) is 2.54. The number of nitrogens with zero attached hydrogens (tertiary/aromatic N) is 4. The normalized spacial score (nSPS) is 10.4. The van der Waals surface area contributed by atoms with E-state index < -0.39 is 0 Å². The van der Waals surface area contributed by atoms with Gasteiger partial charge in [0.1, 0.15) is 18.1 Å². The van der Waals surface area contributed by atoms with Crippen LogP contribution in [0.5, 0.6) is 5.75 Å². The Kier molecular flexibility index (Phi) is 3.36. The minimum Gasteiger partial charge on any atom is -0.485 e. The predicted molar refractivity (Wildman–Crippen MR) is 70.5 cm³/mol. The third-order valence-corrected chi connectivity index (χ3v) is 2.54. The molecule has 0 atom stereocenters. The van der Waals surface area contributed by atoms with Crippen LogP contribution in [0.2, 0.25) is 0 Å². The summed E-state index contributed by atoms with van der Waals surface area (Å²) in [5, 5.41) is 7.80. The van der Waals surface area contributed by atoms with E-state index in [0.29, 0.717) is 18.0 Å². The van der Waals surface area contributed by atoms with Gasteiger partial charge in [0, 0.05) is 32.9 Å². The second-order valence-corrected chi connectivity index (χ2v) is 4.29. The highest BCUT2D eigenvalue weighted by Crippen LogP contribution is 2.27. The summed E-state index contributed by atoms with van der Waals surface area (Å²) in [7, 11) is 5.76. The lowest BCUT2D eigenvalue weighted by Crippen LogP contribution is -2.09. The fraction of sp³-hybridized carbons (Fsp3) is 0.333. The van der Waals surface area contributed by atoms with E-state index in [1.807, 2.05) is 50.4 Å². The van der Waals surface area contributed by atoms with Crippen LogP contribution in [0, 0.1) is 0 Å². The van der Waals surface area contributed by atoms with Crippen LogP contribution in [-0.4, -0.2) is 29.1 Å². The maximum absolute atomic E-state index is 5.87. The van der Waals surface area contributed by atoms with Crippen molar-refractivity contribution in [1.29, 1.82) is 0 Å². The molecular formula is C12H17N5O. The molecule has 18 heavy (non-hydrogen) atoms. The summed E-state index contributed by atoms with van der Waals surface area (Å²) in [6, 6.07) is 5.69. The number of nitrogens with two attached hydrogens (primary N) is 1. The van der Waals surface area contributed by atoms with Crippen LogP contribution in [0.4, 0.5) is 11.4 Å². The van der Waals surface area contributed by atoms with Crippen molar-refractivity contribution in [1.82, 2.24) is 15.0 Å². The average molecular weight is 247 g/mol. The minimum absolute atomic E-state index is 0.356. The van der Waals surface area contributed by atoms with E-state index in [9.17, 15) is 0 Å². The number of ether oxygens (including phenoxy) is 1. The summed E-state index contributed by atoms with van der Waals surface area (Å²) in [6.45, 7) is 0.356. The first-order valence-electron chi connectivity index (χ1n) is 5.61. The van der Waals surface area contributed by atoms with Crippen LogP contribution in [0.25, 0.3) is 0 Å². The second kappa shape index (κ2) is 4.95. The van der Waals surface area contributed by atoms with Gasteiger partial charge in [0.25, 0.3) is 0 Å². The van der Waals surface area contributed by atoms with Crippen molar-refractivity contribution < 1.29 is 4.74 Å². The van der Waals surface area contributed by atoms with E-state index in [-0.39, 0.29) is 0 Å². The molecule has 0 unspecified atom stereocenters. The summed E-state index contributed by atoms with van der Waals surface area (Å²) in [4.78, 5) is 1.99. The second-order valence-electron chi connectivity index (χ2n) is 4.29. The molecule has 0 saturated heterocycles. The van der Waals surface area contributed by atoms with Gasteiger partial charge in [-0.15, -0.1) is 5.10 Å². The fourth-order valence-electron chi connectivity index (χ4n) is 1.54. The Morgan fingerprint density at radius 1 is 1.39 bits per heavy atom. The number of hydrogen-bond acceptors (Lipinski definition) is 5. The van der Waals surface area contributed by atoms with Gasteiger partial charge >= 0.3 is 0 Å². The largest absolute Gasteiger partial charge is 0.485 e. The van der Waals surface area contributed by atoms with Crippen LogP contribution in [0.1, 0.15) is 5.69 Å². The van der Waals surface area contributed by atoms with Gasteiger partial charge < -0.3 is 15.4 Å². The Hall–Kier alpha value is -2.24. The Labute approximate surface area is 106 Å². The lowest BCUT2D eigenvalue weighted by molar-refractivity contribution is 0.303. The van der Waals surface area contributed by atoms with Crippen LogP contribution >= 0.6 is 0 Å². The molecule has 6 heteroatoms. The minimum atomic E-state index is 0.356. The van der Waals surface area contributed by atoms with Crippen LogP contribution in [-0.2, 0) is 13.7 Å². The summed E-state index contributed by atoms with van der Waals surface area (Å²) in [5.41, 5.74) is 8.30. The average Bonchev–Trinajstić information content (AvgIpc) is 2.74. The molecule has 0 fully saturated rings. The van der Waals surface area contributed by atoms with Gasteiger partial charge in [0.05, 0.1) is 11.9 Å². The molecule has 0 radical (unpaired) electrons. The first-order valence-corrected chi connectivity index (χ1v) is 5.61. The van der Waals surface area contributed by atoms with E-state index in [1.54, 1.807) is 4.68 Å². The zero-order valence-electron chi connectivity index (χ0n) is 10.8. The molecule has 2 N–H and O–H groups in total. The molecule has 2 aromatic rings. The predicted octanol–water partition coefficient (Wildman–Crippen LogP) is 1.04. The highest BCUT2D eigenvalue weighted by atomic mass is 16.5. The Balaban J connectivity index is 2.10. The lowest BCUT2D eigenvalue weighted by Gasteiger charge is -2.15. The molecular weight excluding hydrogens is 230 g/mol. The van der Waals surface area contributed by atoms with Gasteiger partial charge in [0.2, 0.25) is 0 Å². The van der Waals surface area contributed by atoms with Crippen molar-refractivity contribution >= 4 is 11.4 Å². The number of nitrogen functional groups attached to an aromatic ring is 1. The van der Waals surface area contributed by atoms with E-state index in [0.717, 1.165) is 11.4 Å². The highest BCUT2D eigenvalue weighted by Gasteiger charge is 2.05. The molecule has 1 aromatic carbocycles. The SMILES string of the molecule is CN(C)c1ccc(N)c(OCc2cn(C)nn2)c1. The smallest absolute Gasteiger partial charge is 0.144 e. The lowest BCUT2D eigenvalue weighted by atomic mass is 10.2. The van der Waals surface area contributed by atoms with Crippen molar-refractivity contribution in [3.8, 4) is 5.75 Å². The zero-order chi connectivity index (χ0) is 13.1. The fourth-order valence-corrected chi connectivity index (χ4v) is 1.54. The van der Waals surface area contributed by atoms with E-state index >= 15 is 0 Å². The number of aromatic nitrogens is 3. The number of aryl methyl sites for hydroxylation is 1. The number of anilines is 2. The molecule has 0 aliphatic carbocycles. The van der Waals surface area contributed by atoms with Gasteiger partial charge in [0.15, 0.2) is 0 Å². The standard InChI is InChI=1S/C12H17N5O/c1-16(2)10-4-5-11(13)12(6-10)18-8-9-7-17(3)15-14-9/h4-7H,8,13H2,1-3H3. The van der Waals surface area contributed by atoms with Gasteiger partial charge in [-0.3, -0.25) is 4.68 Å². The third kappa shape index (κ3) is 2.71. The Morgan fingerprint density at radius 2 is 2.17 bits per heavy atom. The van der Waals surface area contributed by atoms with Crippen molar-refractivity contribution in [3.63, 3.8) is 0 Å². The molecule has 0 aliphatic rings. The molecule has 2 rings (SSSR count). The summed E-state index contributed by atoms with van der Waals surface area (Å²) < 4.78 is 7.30. The Morgan fingerprint density at radius 3 is 2.78 bits per heavy atom. The number of hydrogen-bond donors (Lipinski definition) is 1. The van der Waals surface area contributed by atoms with Crippen molar-refractivity contribution in [2.45, 2.75) is 6.61 Å². The zero-order valence-corrected chi connectivity index (χ0v) is 10.8. The molecule has 0 aliphatic heterocycles. The van der Waals surface area contributed by atoms with Crippen LogP contribution < -0.4 is 15.4 Å². The van der Waals surface area contributed by atoms with Gasteiger partial charge in [-0.1, -0.05) is 5.21 Å². The van der Waals surface area contributed by atoms with E-state index in [4.69, 9.17) is 10.5 Å². The summed E-state index contributed by atoms with van der Waals surface area (Å²) in [6.07, 6.45) is 1.81. The molecule has 6 nitrogen and oxygen atoms in total. The van der Waals surface area contributed by atoms with E-state index in [1.165, 1.54) is 0 Å². The van der Waals surface area contributed by atoms with Crippen LogP contribution in [0.3, 0.4) is 0 Å². The van der Waals surface area contributed by atoms with Crippen LogP contribution in [0.15, 0.2) is 24.4 Å². The van der Waals surface area contributed by atoms with Gasteiger partial charge in [-0.25, -0.2) is 0 Å². The quantitative estimate of drug-likeness (QED) is 0.818. The molecule has 1 heterocycles. The molecule has 0 spiro atoms. The van der Waals surface area contributed by atoms with Crippen molar-refractivity contribution in [2.24, 2.45) is 7.05 Å². The van der Waals surface area contributed by atoms with Gasteiger partial charge in [-0.2, -0.15) is 0 Å². The van der Waals surface area contributed by atoms with Gasteiger partial charge in [-0.05, 0) is 12.1 Å². The van der Waals surface area contributed by atoms with Crippen molar-refractivity contribution in [2.75, 3.05) is 24.7 Å². The molecule has 0 bridgehead atoms. The Bertz CT molecular complexity index is 535. The number of rotatable bonds is 4. The maximum Gasteiger partial charge on any atom is 0.144 e. The molecule has 0 amide bonds. The summed E-state index contributed by atoms with van der Waals surface area (Å²) >= 11 is 0. The first-order chi connectivity index (χ1) is 8.56. The molecule has 0 saturated carbocycles. The molecule has 96 valence electrons. The monoisotopic (exact) mass is 247 g/mol. The maximum atomic E-state index is 5.87. The molecule has 1 aromatic heterocycles. The summed E-state index contributed by atoms with van der Waals surface area (Å²) in [5.74, 6) is 0.659. The first kappa shape index (κ1) is 12.2. The highest BCUT2D eigenvalue weighted by molar-refractivity contribution is 5.61.